The summed E-state index contributed by atoms with van der Waals surface area (Å²) in [6, 6.07) is 12.9. The van der Waals surface area contributed by atoms with E-state index in [4.69, 9.17) is 5.73 Å². The minimum absolute atomic E-state index is 0.283. The van der Waals surface area contributed by atoms with Crippen molar-refractivity contribution in [1.29, 1.82) is 0 Å². The molecule has 0 aliphatic rings. The zero-order valence-electron chi connectivity index (χ0n) is 11.7. The summed E-state index contributed by atoms with van der Waals surface area (Å²) < 4.78 is 14.0. The molecule has 2 aromatic carbocycles. The smallest absolute Gasteiger partial charge is 0.137 e. The predicted molar refractivity (Wildman–Crippen MR) is 85.3 cm³/mol. The highest BCUT2D eigenvalue weighted by Crippen LogP contribution is 2.29. The molecule has 2 unspecified atom stereocenters. The van der Waals surface area contributed by atoms with Crippen molar-refractivity contribution in [3.63, 3.8) is 0 Å². The third-order valence-corrected chi connectivity index (χ3v) is 4.63. The number of hydrogen-bond acceptors (Lipinski definition) is 1. The van der Waals surface area contributed by atoms with E-state index in [9.17, 15) is 4.39 Å². The van der Waals surface area contributed by atoms with Crippen molar-refractivity contribution in [2.24, 2.45) is 5.73 Å². The summed E-state index contributed by atoms with van der Waals surface area (Å²) in [5.41, 5.74) is 9.31. The van der Waals surface area contributed by atoms with Gasteiger partial charge in [-0.05, 0) is 51.0 Å². The fourth-order valence-electron chi connectivity index (χ4n) is 2.21. The van der Waals surface area contributed by atoms with Crippen LogP contribution in [0.25, 0.3) is 0 Å². The van der Waals surface area contributed by atoms with Gasteiger partial charge in [0.1, 0.15) is 5.82 Å². The summed E-state index contributed by atoms with van der Waals surface area (Å²) in [6.07, 6.45) is 1.11. The van der Waals surface area contributed by atoms with Gasteiger partial charge in [-0.2, -0.15) is 0 Å². The van der Waals surface area contributed by atoms with E-state index in [1.54, 1.807) is 6.07 Å². The minimum atomic E-state index is -0.328. The highest BCUT2D eigenvalue weighted by molar-refractivity contribution is 9.10. The van der Waals surface area contributed by atoms with E-state index in [0.29, 0.717) is 10.4 Å². The van der Waals surface area contributed by atoms with E-state index in [0.717, 1.165) is 17.5 Å². The molecule has 0 aliphatic carbocycles. The van der Waals surface area contributed by atoms with Crippen molar-refractivity contribution in [1.82, 2.24) is 0 Å². The molecule has 0 amide bonds. The Balaban J connectivity index is 2.29. The molecule has 0 heterocycles. The largest absolute Gasteiger partial charge is 0.320 e. The summed E-state index contributed by atoms with van der Waals surface area (Å²) >= 11 is 3.27. The van der Waals surface area contributed by atoms with Gasteiger partial charge in [0.15, 0.2) is 0 Å². The van der Waals surface area contributed by atoms with E-state index < -0.39 is 0 Å². The fourth-order valence-corrected chi connectivity index (χ4v) is 2.72. The van der Waals surface area contributed by atoms with Crippen LogP contribution >= 0.6 is 15.9 Å². The molecule has 1 nitrogen and oxygen atoms in total. The Hall–Kier alpha value is -1.19. The molecule has 0 radical (unpaired) electrons. The summed E-state index contributed by atoms with van der Waals surface area (Å²) in [7, 11) is 0. The van der Waals surface area contributed by atoms with E-state index >= 15 is 0 Å². The third kappa shape index (κ3) is 3.10. The standard InChI is InChI=1S/C17H19BrFN/c1-3-11(2)12-7-9-13(10-8-12)17(20)14-5-4-6-15(19)16(14)18/h4-11,17H,3,20H2,1-2H3. The summed E-state index contributed by atoms with van der Waals surface area (Å²) in [6.45, 7) is 4.38. The second kappa shape index (κ2) is 6.51. The number of halogens is 2. The molecule has 3 heteroatoms. The van der Waals surface area contributed by atoms with Crippen LogP contribution in [0, 0.1) is 5.82 Å². The Kier molecular flexibility index (Phi) is 4.95. The van der Waals surface area contributed by atoms with Crippen molar-refractivity contribution < 1.29 is 4.39 Å². The maximum Gasteiger partial charge on any atom is 0.137 e. The summed E-state index contributed by atoms with van der Waals surface area (Å²) in [5.74, 6) is 0.260. The Bertz CT molecular complexity index is 580. The van der Waals surface area contributed by atoms with E-state index in [1.807, 2.05) is 18.2 Å². The average Bonchev–Trinajstić information content (AvgIpc) is 2.48. The molecule has 106 valence electrons. The first kappa shape index (κ1) is 15.2. The van der Waals surface area contributed by atoms with E-state index in [1.165, 1.54) is 11.6 Å². The first-order chi connectivity index (χ1) is 9.54. The molecule has 0 saturated heterocycles. The molecule has 0 saturated carbocycles. The maximum absolute atomic E-state index is 13.6. The van der Waals surface area contributed by atoms with Gasteiger partial charge < -0.3 is 5.73 Å². The van der Waals surface area contributed by atoms with Crippen LogP contribution < -0.4 is 5.73 Å². The molecule has 0 fully saturated rings. The Morgan fingerprint density at radius 1 is 1.10 bits per heavy atom. The van der Waals surface area contributed by atoms with Gasteiger partial charge in [0.2, 0.25) is 0 Å². The lowest BCUT2D eigenvalue weighted by atomic mass is 9.94. The van der Waals surface area contributed by atoms with Gasteiger partial charge in [-0.1, -0.05) is 50.2 Å². The second-order valence-electron chi connectivity index (χ2n) is 5.10. The molecule has 2 N–H and O–H groups in total. The average molecular weight is 336 g/mol. The highest BCUT2D eigenvalue weighted by Gasteiger charge is 2.15. The molecular formula is C17H19BrFN. The third-order valence-electron chi connectivity index (χ3n) is 3.79. The second-order valence-corrected chi connectivity index (χ2v) is 5.89. The van der Waals surface area contributed by atoms with E-state index in [-0.39, 0.29) is 11.9 Å². The molecule has 2 aromatic rings. The fraction of sp³-hybridized carbons (Fsp3) is 0.294. The monoisotopic (exact) mass is 335 g/mol. The van der Waals surface area contributed by atoms with Crippen LogP contribution in [0.5, 0.6) is 0 Å². The van der Waals surface area contributed by atoms with Crippen LogP contribution in [0.1, 0.15) is 48.9 Å². The molecule has 2 atom stereocenters. The SMILES string of the molecule is CCC(C)c1ccc(C(N)c2cccc(F)c2Br)cc1. The number of nitrogens with two attached hydrogens (primary N) is 1. The van der Waals surface area contributed by atoms with Gasteiger partial charge in [0, 0.05) is 0 Å². The van der Waals surface area contributed by atoms with Crippen molar-refractivity contribution in [2.45, 2.75) is 32.2 Å². The topological polar surface area (TPSA) is 26.0 Å². The van der Waals surface area contributed by atoms with Crippen molar-refractivity contribution >= 4 is 15.9 Å². The van der Waals surface area contributed by atoms with Gasteiger partial charge in [-0.15, -0.1) is 0 Å². The van der Waals surface area contributed by atoms with Gasteiger partial charge in [-0.25, -0.2) is 4.39 Å². The van der Waals surface area contributed by atoms with Gasteiger partial charge >= 0.3 is 0 Å². The molecule has 2 rings (SSSR count). The van der Waals surface area contributed by atoms with Crippen LogP contribution in [-0.2, 0) is 0 Å². The quantitative estimate of drug-likeness (QED) is 0.821. The minimum Gasteiger partial charge on any atom is -0.320 e. The first-order valence-corrected chi connectivity index (χ1v) is 7.63. The number of benzene rings is 2. The maximum atomic E-state index is 13.6. The Morgan fingerprint density at radius 2 is 1.70 bits per heavy atom. The Labute approximate surface area is 128 Å². The zero-order chi connectivity index (χ0) is 14.7. The van der Waals surface area contributed by atoms with Crippen molar-refractivity contribution in [3.8, 4) is 0 Å². The zero-order valence-corrected chi connectivity index (χ0v) is 13.3. The van der Waals surface area contributed by atoms with Gasteiger partial charge in [-0.3, -0.25) is 0 Å². The van der Waals surface area contributed by atoms with Crippen molar-refractivity contribution in [2.75, 3.05) is 0 Å². The molecule has 0 spiro atoms. The predicted octanol–water partition coefficient (Wildman–Crippen LogP) is 5.15. The van der Waals surface area contributed by atoms with E-state index in [2.05, 4.69) is 41.9 Å². The lowest BCUT2D eigenvalue weighted by molar-refractivity contribution is 0.616. The van der Waals surface area contributed by atoms with Crippen LogP contribution in [0.2, 0.25) is 0 Å². The van der Waals surface area contributed by atoms with Gasteiger partial charge in [0.05, 0.1) is 10.5 Å². The highest BCUT2D eigenvalue weighted by atomic mass is 79.9. The molecular weight excluding hydrogens is 317 g/mol. The number of hydrogen-bond donors (Lipinski definition) is 1. The van der Waals surface area contributed by atoms with Crippen LogP contribution in [-0.4, -0.2) is 0 Å². The van der Waals surface area contributed by atoms with Gasteiger partial charge in [0.25, 0.3) is 0 Å². The molecule has 0 aliphatic heterocycles. The van der Waals surface area contributed by atoms with Crippen LogP contribution in [0.4, 0.5) is 4.39 Å². The molecule has 20 heavy (non-hydrogen) atoms. The molecule has 0 bridgehead atoms. The normalized spacial score (nSPS) is 14.1. The summed E-state index contributed by atoms with van der Waals surface area (Å²) in [4.78, 5) is 0. The lowest BCUT2D eigenvalue weighted by Crippen LogP contribution is -2.13. The molecule has 0 aromatic heterocycles. The number of rotatable bonds is 4. The Morgan fingerprint density at radius 3 is 2.30 bits per heavy atom. The first-order valence-electron chi connectivity index (χ1n) is 6.84. The van der Waals surface area contributed by atoms with Crippen molar-refractivity contribution in [3.05, 3.63) is 69.4 Å². The lowest BCUT2D eigenvalue weighted by Gasteiger charge is -2.16. The summed E-state index contributed by atoms with van der Waals surface area (Å²) in [5, 5.41) is 0. The van der Waals surface area contributed by atoms with Crippen LogP contribution in [0.15, 0.2) is 46.9 Å². The van der Waals surface area contributed by atoms with Crippen LogP contribution in [0.3, 0.4) is 0 Å².